The maximum Gasteiger partial charge on any atom is 0.222 e. The lowest BCUT2D eigenvalue weighted by Gasteiger charge is -2.13. The number of rotatable bonds is 6. The van der Waals surface area contributed by atoms with E-state index in [1.54, 1.807) is 36.5 Å². The number of anilines is 3. The number of aromatic hydroxyl groups is 1. The van der Waals surface area contributed by atoms with E-state index in [0.29, 0.717) is 29.3 Å². The third kappa shape index (κ3) is 4.59. The lowest BCUT2D eigenvalue weighted by atomic mass is 10.0. The molecular formula is C18H22N8O. The molecule has 2 aromatic heterocycles. The quantitative estimate of drug-likeness (QED) is 0.510. The van der Waals surface area contributed by atoms with Crippen molar-refractivity contribution in [2.24, 2.45) is 0 Å². The maximum absolute atomic E-state index is 10.3. The van der Waals surface area contributed by atoms with Crippen LogP contribution in [0.5, 0.6) is 5.75 Å². The summed E-state index contributed by atoms with van der Waals surface area (Å²) in [4.78, 5) is 18.6. The third-order valence-corrected chi connectivity index (χ3v) is 3.85. The monoisotopic (exact) mass is 366 g/mol. The van der Waals surface area contributed by atoms with Gasteiger partial charge in [-0.1, -0.05) is 0 Å². The molecule has 0 atom stereocenters. The number of nitrogens with two attached hydrogens (primary N) is 2. The van der Waals surface area contributed by atoms with E-state index in [1.807, 2.05) is 14.1 Å². The van der Waals surface area contributed by atoms with Gasteiger partial charge in [-0.15, -0.1) is 0 Å². The van der Waals surface area contributed by atoms with Gasteiger partial charge in [0.1, 0.15) is 11.6 Å². The molecule has 3 aromatic rings. The van der Waals surface area contributed by atoms with Crippen LogP contribution in [0.1, 0.15) is 0 Å². The lowest BCUT2D eigenvalue weighted by Crippen LogP contribution is -2.21. The molecule has 0 fully saturated rings. The molecule has 27 heavy (non-hydrogen) atoms. The van der Waals surface area contributed by atoms with Crippen molar-refractivity contribution in [3.05, 3.63) is 36.5 Å². The lowest BCUT2D eigenvalue weighted by molar-refractivity contribution is 0.425. The largest absolute Gasteiger partial charge is 0.507 e. The molecule has 0 aliphatic heterocycles. The molecule has 9 heteroatoms. The predicted molar refractivity (Wildman–Crippen MR) is 106 cm³/mol. The number of phenolic OH excluding ortho intramolecular Hbond substituents is 1. The summed E-state index contributed by atoms with van der Waals surface area (Å²) in [6.07, 6.45) is 1.58. The van der Waals surface area contributed by atoms with Gasteiger partial charge in [-0.05, 0) is 38.4 Å². The standard InChI is InChI=1S/C18H22N8O/c1-26(2)8-7-21-16-10-14(24-18(20)25-16)12-9-11(3-4-15(12)27)13-5-6-22-17(19)23-13/h3-6,9-10,27H,7-8H2,1-2H3,(H2,19,22,23)(H3,20,21,24,25). The van der Waals surface area contributed by atoms with Gasteiger partial charge in [-0.2, -0.15) is 4.98 Å². The molecule has 1 aromatic carbocycles. The molecule has 0 saturated carbocycles. The highest BCUT2D eigenvalue weighted by Gasteiger charge is 2.12. The Labute approximate surface area is 157 Å². The zero-order chi connectivity index (χ0) is 19.4. The van der Waals surface area contributed by atoms with E-state index in [4.69, 9.17) is 11.5 Å². The van der Waals surface area contributed by atoms with Crippen LogP contribution in [-0.2, 0) is 0 Å². The molecule has 0 amide bonds. The summed E-state index contributed by atoms with van der Waals surface area (Å²) in [5, 5.41) is 13.5. The summed E-state index contributed by atoms with van der Waals surface area (Å²) in [6.45, 7) is 1.55. The smallest absolute Gasteiger partial charge is 0.222 e. The van der Waals surface area contributed by atoms with Gasteiger partial charge in [-0.3, -0.25) is 0 Å². The maximum atomic E-state index is 10.3. The fourth-order valence-corrected chi connectivity index (χ4v) is 2.54. The first-order valence-electron chi connectivity index (χ1n) is 8.38. The normalized spacial score (nSPS) is 10.9. The fraction of sp³-hybridized carbons (Fsp3) is 0.222. The summed E-state index contributed by atoms with van der Waals surface area (Å²) >= 11 is 0. The molecule has 2 heterocycles. The molecule has 9 nitrogen and oxygen atoms in total. The molecule has 0 unspecified atom stereocenters. The summed E-state index contributed by atoms with van der Waals surface area (Å²) in [6, 6.07) is 8.61. The summed E-state index contributed by atoms with van der Waals surface area (Å²) in [7, 11) is 3.98. The average molecular weight is 366 g/mol. The van der Waals surface area contributed by atoms with Crippen LogP contribution < -0.4 is 16.8 Å². The van der Waals surface area contributed by atoms with Crippen LogP contribution in [0, 0.1) is 0 Å². The van der Waals surface area contributed by atoms with Gasteiger partial charge in [0.2, 0.25) is 11.9 Å². The average Bonchev–Trinajstić information content (AvgIpc) is 2.61. The highest BCUT2D eigenvalue weighted by atomic mass is 16.3. The number of nitrogens with one attached hydrogen (secondary N) is 1. The topological polar surface area (TPSA) is 139 Å². The van der Waals surface area contributed by atoms with Gasteiger partial charge < -0.3 is 26.8 Å². The Kier molecular flexibility index (Phi) is 5.32. The number of hydrogen-bond donors (Lipinski definition) is 4. The highest BCUT2D eigenvalue weighted by Crippen LogP contribution is 2.33. The summed E-state index contributed by atoms with van der Waals surface area (Å²) in [5.74, 6) is 0.977. The van der Waals surface area contributed by atoms with Crippen LogP contribution in [0.15, 0.2) is 36.5 Å². The van der Waals surface area contributed by atoms with Crippen molar-refractivity contribution in [2.75, 3.05) is 44.0 Å². The minimum absolute atomic E-state index is 0.0816. The summed E-state index contributed by atoms with van der Waals surface area (Å²) < 4.78 is 0. The summed E-state index contributed by atoms with van der Waals surface area (Å²) in [5.41, 5.74) is 14.0. The van der Waals surface area contributed by atoms with E-state index in [9.17, 15) is 5.11 Å². The number of benzene rings is 1. The van der Waals surface area contributed by atoms with E-state index < -0.39 is 0 Å². The Morgan fingerprint density at radius 3 is 2.52 bits per heavy atom. The number of aromatic nitrogens is 4. The number of phenols is 1. The second kappa shape index (κ2) is 7.83. The molecule has 0 saturated heterocycles. The van der Waals surface area contributed by atoms with E-state index in [2.05, 4.69) is 30.2 Å². The van der Waals surface area contributed by atoms with Gasteiger partial charge >= 0.3 is 0 Å². The predicted octanol–water partition coefficient (Wildman–Crippen LogP) is 1.44. The Morgan fingerprint density at radius 1 is 1.00 bits per heavy atom. The minimum Gasteiger partial charge on any atom is -0.507 e. The Hall–Kier alpha value is -3.46. The van der Waals surface area contributed by atoms with Crippen molar-refractivity contribution in [3.8, 4) is 28.3 Å². The van der Waals surface area contributed by atoms with E-state index in [-0.39, 0.29) is 17.6 Å². The number of hydrogen-bond acceptors (Lipinski definition) is 9. The van der Waals surface area contributed by atoms with Crippen LogP contribution >= 0.6 is 0 Å². The van der Waals surface area contributed by atoms with Crippen molar-refractivity contribution in [1.82, 2.24) is 24.8 Å². The Balaban J connectivity index is 1.95. The molecular weight excluding hydrogens is 344 g/mol. The molecule has 140 valence electrons. The van der Waals surface area contributed by atoms with Gasteiger partial charge in [-0.25, -0.2) is 15.0 Å². The van der Waals surface area contributed by atoms with Crippen molar-refractivity contribution < 1.29 is 5.11 Å². The molecule has 0 radical (unpaired) electrons. The zero-order valence-electron chi connectivity index (χ0n) is 15.2. The molecule has 0 aliphatic rings. The molecule has 6 N–H and O–H groups in total. The van der Waals surface area contributed by atoms with Gasteiger partial charge in [0.05, 0.1) is 11.4 Å². The molecule has 0 bridgehead atoms. The second-order valence-electron chi connectivity index (χ2n) is 6.26. The Bertz CT molecular complexity index is 944. The molecule has 3 rings (SSSR count). The fourth-order valence-electron chi connectivity index (χ4n) is 2.54. The van der Waals surface area contributed by atoms with Crippen LogP contribution in [-0.4, -0.2) is 57.1 Å². The van der Waals surface area contributed by atoms with Crippen LogP contribution in [0.3, 0.4) is 0 Å². The van der Waals surface area contributed by atoms with Crippen molar-refractivity contribution >= 4 is 17.7 Å². The van der Waals surface area contributed by atoms with Crippen molar-refractivity contribution in [1.29, 1.82) is 0 Å². The molecule has 0 spiro atoms. The van der Waals surface area contributed by atoms with Crippen molar-refractivity contribution in [3.63, 3.8) is 0 Å². The van der Waals surface area contributed by atoms with E-state index in [0.717, 1.165) is 12.1 Å². The second-order valence-corrected chi connectivity index (χ2v) is 6.26. The first-order valence-corrected chi connectivity index (χ1v) is 8.38. The van der Waals surface area contributed by atoms with Crippen molar-refractivity contribution in [2.45, 2.75) is 0 Å². The van der Waals surface area contributed by atoms with Gasteiger partial charge in [0.15, 0.2) is 0 Å². The zero-order valence-corrected chi connectivity index (χ0v) is 15.2. The molecule has 0 aliphatic carbocycles. The first kappa shape index (κ1) is 18.3. The van der Waals surface area contributed by atoms with Gasteiger partial charge in [0.25, 0.3) is 0 Å². The number of nitrogen functional groups attached to an aromatic ring is 2. The van der Waals surface area contributed by atoms with Gasteiger partial charge in [0, 0.05) is 36.5 Å². The minimum atomic E-state index is 0.0816. The highest BCUT2D eigenvalue weighted by molar-refractivity contribution is 5.76. The first-order chi connectivity index (χ1) is 12.9. The Morgan fingerprint density at radius 2 is 1.78 bits per heavy atom. The van der Waals surface area contributed by atoms with Crippen LogP contribution in [0.4, 0.5) is 17.7 Å². The van der Waals surface area contributed by atoms with Crippen LogP contribution in [0.25, 0.3) is 22.5 Å². The third-order valence-electron chi connectivity index (χ3n) is 3.85. The van der Waals surface area contributed by atoms with E-state index >= 15 is 0 Å². The van der Waals surface area contributed by atoms with Crippen LogP contribution in [0.2, 0.25) is 0 Å². The number of nitrogens with zero attached hydrogens (tertiary/aromatic N) is 5. The SMILES string of the molecule is CN(C)CCNc1cc(-c2cc(-c3ccnc(N)n3)ccc2O)nc(N)n1. The number of likely N-dealkylation sites (N-methyl/N-ethyl adjacent to an activating group) is 1. The van der Waals surface area contributed by atoms with E-state index in [1.165, 1.54) is 0 Å².